The van der Waals surface area contributed by atoms with Crippen LogP contribution in [0.4, 0.5) is 4.39 Å². The number of rotatable bonds is 4. The van der Waals surface area contributed by atoms with E-state index >= 15 is 0 Å². The summed E-state index contributed by atoms with van der Waals surface area (Å²) in [6.45, 7) is 0.796. The number of carbonyl (C=O) groups is 1. The fraction of sp³-hybridized carbons (Fsp3) is 0.632. The van der Waals surface area contributed by atoms with E-state index in [-0.39, 0.29) is 23.9 Å². The van der Waals surface area contributed by atoms with E-state index in [1.54, 1.807) is 12.1 Å². The molecule has 0 spiro atoms. The maximum atomic E-state index is 13.9. The highest BCUT2D eigenvalue weighted by Crippen LogP contribution is 2.51. The normalized spacial score (nSPS) is 32.4. The standard InChI is InChI=1S/C19H23ClFNO2/c20-14-6-3-7-15(21)13(14)10-16(23)22-18-12-8-9-24-19(12)17(18)11-4-1-2-5-11/h3,6-7,11-12,17-19H,1-2,4-5,8-10H2,(H,22,23)/t12-,17+,18+,19-/m1/s1. The van der Waals surface area contributed by atoms with Crippen LogP contribution >= 0.6 is 11.6 Å². The number of hydrogen-bond donors (Lipinski definition) is 1. The molecule has 1 saturated heterocycles. The van der Waals surface area contributed by atoms with Crippen LogP contribution in [0.2, 0.25) is 5.02 Å². The fourth-order valence-corrected chi connectivity index (χ4v) is 5.19. The Labute approximate surface area is 146 Å². The molecule has 24 heavy (non-hydrogen) atoms. The molecule has 0 aromatic heterocycles. The molecule has 0 radical (unpaired) electrons. The Morgan fingerprint density at radius 1 is 1.29 bits per heavy atom. The highest BCUT2D eigenvalue weighted by Gasteiger charge is 2.56. The second kappa shape index (κ2) is 6.64. The van der Waals surface area contributed by atoms with Crippen molar-refractivity contribution >= 4 is 17.5 Å². The molecule has 1 N–H and O–H groups in total. The smallest absolute Gasteiger partial charge is 0.224 e. The Bertz CT molecular complexity index is 607. The predicted octanol–water partition coefficient (Wildman–Crippen LogP) is 3.73. The largest absolute Gasteiger partial charge is 0.377 e. The Morgan fingerprint density at radius 3 is 2.83 bits per heavy atom. The summed E-state index contributed by atoms with van der Waals surface area (Å²) in [4.78, 5) is 12.5. The van der Waals surface area contributed by atoms with Gasteiger partial charge in [-0.15, -0.1) is 0 Å². The van der Waals surface area contributed by atoms with Gasteiger partial charge in [-0.05, 0) is 24.5 Å². The van der Waals surface area contributed by atoms with Gasteiger partial charge in [0, 0.05) is 35.1 Å². The van der Waals surface area contributed by atoms with Crippen LogP contribution in [0, 0.1) is 23.6 Å². The molecule has 4 atom stereocenters. The Hall–Kier alpha value is -1.13. The van der Waals surface area contributed by atoms with Crippen LogP contribution in [0.15, 0.2) is 18.2 Å². The number of ether oxygens (including phenoxy) is 1. The van der Waals surface area contributed by atoms with E-state index in [2.05, 4.69) is 5.32 Å². The van der Waals surface area contributed by atoms with Gasteiger partial charge in [-0.3, -0.25) is 4.79 Å². The first kappa shape index (κ1) is 16.3. The minimum Gasteiger partial charge on any atom is -0.377 e. The van der Waals surface area contributed by atoms with Crippen LogP contribution in [0.1, 0.15) is 37.7 Å². The van der Waals surface area contributed by atoms with Crippen molar-refractivity contribution in [2.75, 3.05) is 6.61 Å². The SMILES string of the molecule is O=C(Cc1c(F)cccc1Cl)N[C@H]1[C@H]2CCO[C@H]2[C@H]1C1CCCC1. The molecule has 1 heterocycles. The Morgan fingerprint density at radius 2 is 2.08 bits per heavy atom. The summed E-state index contributed by atoms with van der Waals surface area (Å²) in [5.74, 6) is 0.961. The first-order chi connectivity index (χ1) is 11.6. The van der Waals surface area contributed by atoms with Crippen LogP contribution in [0.3, 0.4) is 0 Å². The monoisotopic (exact) mass is 351 g/mol. The van der Waals surface area contributed by atoms with Crippen molar-refractivity contribution in [3.63, 3.8) is 0 Å². The molecule has 1 aromatic rings. The van der Waals surface area contributed by atoms with Gasteiger partial charge in [0.1, 0.15) is 5.82 Å². The number of benzene rings is 1. The number of nitrogens with one attached hydrogen (secondary N) is 1. The van der Waals surface area contributed by atoms with Crippen molar-refractivity contribution in [2.24, 2.45) is 17.8 Å². The molecule has 2 saturated carbocycles. The van der Waals surface area contributed by atoms with Gasteiger partial charge in [0.25, 0.3) is 0 Å². The third-order valence-corrected chi connectivity index (χ3v) is 6.46. The molecule has 0 unspecified atom stereocenters. The van der Waals surface area contributed by atoms with Crippen LogP contribution in [0.25, 0.3) is 0 Å². The summed E-state index contributed by atoms with van der Waals surface area (Å²) >= 11 is 6.04. The van der Waals surface area contributed by atoms with Gasteiger partial charge in [0.05, 0.1) is 12.5 Å². The molecule has 3 aliphatic rings. The second-order valence-electron chi connectivity index (χ2n) is 7.38. The van der Waals surface area contributed by atoms with Gasteiger partial charge in [-0.25, -0.2) is 4.39 Å². The lowest BCUT2D eigenvalue weighted by Gasteiger charge is -2.50. The molecule has 130 valence electrons. The first-order valence-electron chi connectivity index (χ1n) is 8.99. The topological polar surface area (TPSA) is 38.3 Å². The summed E-state index contributed by atoms with van der Waals surface area (Å²) in [5.41, 5.74) is 0.285. The quantitative estimate of drug-likeness (QED) is 0.897. The third-order valence-electron chi connectivity index (χ3n) is 6.11. The maximum Gasteiger partial charge on any atom is 0.224 e. The molecule has 3 fully saturated rings. The van der Waals surface area contributed by atoms with E-state index in [0.717, 1.165) is 13.0 Å². The van der Waals surface area contributed by atoms with Crippen molar-refractivity contribution in [2.45, 2.75) is 50.7 Å². The average molecular weight is 352 g/mol. The van der Waals surface area contributed by atoms with Crippen molar-refractivity contribution in [3.05, 3.63) is 34.6 Å². The van der Waals surface area contributed by atoms with E-state index in [9.17, 15) is 9.18 Å². The molecule has 2 aliphatic carbocycles. The molecule has 5 heteroatoms. The van der Waals surface area contributed by atoms with E-state index < -0.39 is 5.82 Å². The molecule has 4 rings (SSSR count). The molecular weight excluding hydrogens is 329 g/mol. The van der Waals surface area contributed by atoms with Crippen LogP contribution in [-0.2, 0) is 16.0 Å². The van der Waals surface area contributed by atoms with E-state index in [1.807, 2.05) is 0 Å². The highest BCUT2D eigenvalue weighted by molar-refractivity contribution is 6.31. The summed E-state index contributed by atoms with van der Waals surface area (Å²) in [7, 11) is 0. The van der Waals surface area contributed by atoms with Gasteiger partial charge < -0.3 is 10.1 Å². The van der Waals surface area contributed by atoms with Gasteiger partial charge >= 0.3 is 0 Å². The number of amides is 1. The van der Waals surface area contributed by atoms with Gasteiger partial charge in [-0.2, -0.15) is 0 Å². The van der Waals surface area contributed by atoms with Crippen molar-refractivity contribution in [3.8, 4) is 0 Å². The minimum absolute atomic E-state index is 0.00234. The first-order valence-corrected chi connectivity index (χ1v) is 9.37. The van der Waals surface area contributed by atoms with Crippen LogP contribution < -0.4 is 5.32 Å². The van der Waals surface area contributed by atoms with Crippen LogP contribution in [0.5, 0.6) is 0 Å². The summed E-state index contributed by atoms with van der Waals surface area (Å²) in [5, 5.41) is 3.49. The van der Waals surface area contributed by atoms with E-state index in [4.69, 9.17) is 16.3 Å². The van der Waals surface area contributed by atoms with E-state index in [0.29, 0.717) is 28.9 Å². The van der Waals surface area contributed by atoms with Gasteiger partial charge in [-0.1, -0.05) is 43.4 Å². The lowest BCUT2D eigenvalue weighted by molar-refractivity contribution is -0.129. The highest BCUT2D eigenvalue weighted by atomic mass is 35.5. The van der Waals surface area contributed by atoms with Crippen LogP contribution in [-0.4, -0.2) is 24.7 Å². The maximum absolute atomic E-state index is 13.9. The molecular formula is C19H23ClFNO2. The van der Waals surface area contributed by atoms with E-state index in [1.165, 1.54) is 31.7 Å². The Kier molecular flexibility index (Phi) is 4.52. The van der Waals surface area contributed by atoms with Gasteiger partial charge in [0.2, 0.25) is 5.91 Å². The van der Waals surface area contributed by atoms with Crippen molar-refractivity contribution in [1.29, 1.82) is 0 Å². The molecule has 1 aliphatic heterocycles. The molecule has 3 nitrogen and oxygen atoms in total. The fourth-order valence-electron chi connectivity index (χ4n) is 4.96. The molecule has 1 aromatic carbocycles. The number of carbonyl (C=O) groups excluding carboxylic acids is 1. The summed E-state index contributed by atoms with van der Waals surface area (Å²) in [6.07, 6.45) is 6.37. The lowest BCUT2D eigenvalue weighted by Crippen LogP contribution is -2.63. The molecule has 1 amide bonds. The minimum atomic E-state index is -0.416. The number of fused-ring (bicyclic) bond motifs is 1. The molecule has 0 bridgehead atoms. The summed E-state index contributed by atoms with van der Waals surface area (Å²) in [6, 6.07) is 4.71. The predicted molar refractivity (Wildman–Crippen MR) is 90.3 cm³/mol. The summed E-state index contributed by atoms with van der Waals surface area (Å²) < 4.78 is 19.8. The van der Waals surface area contributed by atoms with Crippen molar-refractivity contribution < 1.29 is 13.9 Å². The van der Waals surface area contributed by atoms with Gasteiger partial charge in [0.15, 0.2) is 0 Å². The number of hydrogen-bond acceptors (Lipinski definition) is 2. The third kappa shape index (κ3) is 2.84. The lowest BCUT2D eigenvalue weighted by atomic mass is 9.61. The van der Waals surface area contributed by atoms with Crippen molar-refractivity contribution in [1.82, 2.24) is 5.32 Å². The zero-order valence-corrected chi connectivity index (χ0v) is 14.4. The average Bonchev–Trinajstić information content (AvgIpc) is 3.20. The Balaban J connectivity index is 1.44. The second-order valence-corrected chi connectivity index (χ2v) is 7.79. The zero-order chi connectivity index (χ0) is 16.7. The zero-order valence-electron chi connectivity index (χ0n) is 13.6. The number of halogens is 2.